The third kappa shape index (κ3) is 5.29. The SMILES string of the molecule is CC1=NOC1(C)[C@@H](C)N(OCC(=O)OC(C)(C)C)c1ccc(-n2ccnc2)c(C(F)(F)F)c1. The number of hydroxylamine groups is 1. The van der Waals surface area contributed by atoms with E-state index in [4.69, 9.17) is 14.4 Å². The number of imidazole rings is 1. The zero-order valence-corrected chi connectivity index (χ0v) is 19.3. The van der Waals surface area contributed by atoms with Crippen LogP contribution in [-0.2, 0) is 25.4 Å². The molecule has 1 aromatic heterocycles. The summed E-state index contributed by atoms with van der Waals surface area (Å²) in [4.78, 5) is 27.1. The lowest BCUT2D eigenvalue weighted by Crippen LogP contribution is -2.59. The summed E-state index contributed by atoms with van der Waals surface area (Å²) in [5.41, 5.74) is -1.90. The van der Waals surface area contributed by atoms with Crippen molar-refractivity contribution in [3.63, 3.8) is 0 Å². The summed E-state index contributed by atoms with van der Waals surface area (Å²) in [6.07, 6.45) is -0.549. The number of aromatic nitrogens is 2. The predicted molar refractivity (Wildman–Crippen MR) is 115 cm³/mol. The highest BCUT2D eigenvalue weighted by Gasteiger charge is 2.48. The number of carbonyl (C=O) groups is 1. The molecular formula is C22H27F3N4O4. The third-order valence-electron chi connectivity index (χ3n) is 5.30. The van der Waals surface area contributed by atoms with Crippen LogP contribution in [0.1, 0.15) is 47.1 Å². The molecule has 0 radical (unpaired) electrons. The van der Waals surface area contributed by atoms with E-state index in [-0.39, 0.29) is 11.4 Å². The number of oxime groups is 1. The molecule has 1 unspecified atom stereocenters. The molecule has 3 rings (SSSR count). The van der Waals surface area contributed by atoms with Crippen LogP contribution in [0.4, 0.5) is 18.9 Å². The maximum atomic E-state index is 13.9. The summed E-state index contributed by atoms with van der Waals surface area (Å²) >= 11 is 0. The molecule has 0 aliphatic carbocycles. The Morgan fingerprint density at radius 1 is 1.30 bits per heavy atom. The number of hydrogen-bond acceptors (Lipinski definition) is 7. The summed E-state index contributed by atoms with van der Waals surface area (Å²) in [6, 6.07) is 3.14. The van der Waals surface area contributed by atoms with Crippen molar-refractivity contribution in [2.75, 3.05) is 11.7 Å². The molecule has 1 aromatic carbocycles. The molecule has 2 heterocycles. The fraction of sp³-hybridized carbons (Fsp3) is 0.500. The Morgan fingerprint density at radius 2 is 2.00 bits per heavy atom. The van der Waals surface area contributed by atoms with Gasteiger partial charge in [-0.05, 0) is 59.7 Å². The number of halogens is 3. The minimum absolute atomic E-state index is 0.0896. The van der Waals surface area contributed by atoms with Crippen molar-refractivity contribution < 1.29 is 32.4 Å². The van der Waals surface area contributed by atoms with Gasteiger partial charge in [0.2, 0.25) is 0 Å². The first kappa shape index (κ1) is 24.6. The Hall–Kier alpha value is -3.08. The van der Waals surface area contributed by atoms with Crippen LogP contribution in [0, 0.1) is 0 Å². The number of nitrogens with zero attached hydrogens (tertiary/aromatic N) is 4. The number of esters is 1. The van der Waals surface area contributed by atoms with Crippen LogP contribution in [0.5, 0.6) is 0 Å². The quantitative estimate of drug-likeness (QED) is 0.439. The highest BCUT2D eigenvalue weighted by Crippen LogP contribution is 2.39. The second-order valence-electron chi connectivity index (χ2n) is 8.91. The number of rotatable bonds is 7. The van der Waals surface area contributed by atoms with Gasteiger partial charge in [-0.2, -0.15) is 13.2 Å². The maximum absolute atomic E-state index is 13.9. The Morgan fingerprint density at radius 3 is 2.48 bits per heavy atom. The van der Waals surface area contributed by atoms with Gasteiger partial charge < -0.3 is 14.1 Å². The van der Waals surface area contributed by atoms with Gasteiger partial charge in [0.1, 0.15) is 17.4 Å². The molecule has 0 N–H and O–H groups in total. The van der Waals surface area contributed by atoms with Gasteiger partial charge in [-0.15, -0.1) is 0 Å². The number of benzene rings is 1. The fourth-order valence-corrected chi connectivity index (χ4v) is 3.30. The first-order chi connectivity index (χ1) is 15.2. The zero-order chi connectivity index (χ0) is 24.6. The van der Waals surface area contributed by atoms with Crippen molar-refractivity contribution in [1.29, 1.82) is 0 Å². The second-order valence-corrected chi connectivity index (χ2v) is 8.91. The summed E-state index contributed by atoms with van der Waals surface area (Å²) in [7, 11) is 0. The minimum atomic E-state index is -4.65. The van der Waals surface area contributed by atoms with E-state index in [1.165, 1.54) is 40.5 Å². The summed E-state index contributed by atoms with van der Waals surface area (Å²) in [6.45, 7) is 9.82. The van der Waals surface area contributed by atoms with Crippen molar-refractivity contribution in [1.82, 2.24) is 9.55 Å². The maximum Gasteiger partial charge on any atom is 0.418 e. The first-order valence-corrected chi connectivity index (χ1v) is 10.3. The van der Waals surface area contributed by atoms with E-state index in [9.17, 15) is 18.0 Å². The second kappa shape index (κ2) is 8.69. The van der Waals surface area contributed by atoms with Crippen LogP contribution in [0.3, 0.4) is 0 Å². The van der Waals surface area contributed by atoms with Gasteiger partial charge >= 0.3 is 12.1 Å². The summed E-state index contributed by atoms with van der Waals surface area (Å²) in [5.74, 6) is -0.657. The van der Waals surface area contributed by atoms with Gasteiger partial charge in [0.05, 0.1) is 23.3 Å². The normalized spacial score (nSPS) is 19.2. The average Bonchev–Trinajstić information content (AvgIpc) is 3.24. The highest BCUT2D eigenvalue weighted by atomic mass is 19.4. The lowest BCUT2D eigenvalue weighted by atomic mass is 9.90. The zero-order valence-electron chi connectivity index (χ0n) is 19.3. The van der Waals surface area contributed by atoms with E-state index in [1.54, 1.807) is 41.5 Å². The molecule has 180 valence electrons. The predicted octanol–water partition coefficient (Wildman–Crippen LogP) is 4.52. The number of ether oxygens (including phenoxy) is 1. The van der Waals surface area contributed by atoms with Crippen molar-refractivity contribution in [3.05, 3.63) is 42.5 Å². The van der Waals surface area contributed by atoms with Crippen LogP contribution >= 0.6 is 0 Å². The Labute approximate surface area is 189 Å². The number of carbonyl (C=O) groups excluding carboxylic acids is 1. The highest BCUT2D eigenvalue weighted by molar-refractivity contribution is 5.93. The number of anilines is 1. The summed E-state index contributed by atoms with van der Waals surface area (Å²) < 4.78 is 48.4. The fourth-order valence-electron chi connectivity index (χ4n) is 3.30. The van der Waals surface area contributed by atoms with Gasteiger partial charge in [-0.1, -0.05) is 5.16 Å². The van der Waals surface area contributed by atoms with Crippen molar-refractivity contribution in [3.8, 4) is 5.69 Å². The van der Waals surface area contributed by atoms with Gasteiger partial charge in [0.25, 0.3) is 0 Å². The van der Waals surface area contributed by atoms with Gasteiger partial charge in [0, 0.05) is 12.4 Å². The van der Waals surface area contributed by atoms with E-state index < -0.39 is 41.6 Å². The Bertz CT molecular complexity index is 1030. The average molecular weight is 468 g/mol. The standard InChI is InChI=1S/C22H27F3N4O4/c1-14-21(6,33-27-14)15(2)29(31-12-19(30)32-20(3,4)5)16-7-8-18(28-10-9-26-13-28)17(11-16)22(23,24)25/h7-11,13,15H,12H2,1-6H3/t15-,21?/m1/s1. The molecule has 2 aromatic rings. The lowest BCUT2D eigenvalue weighted by molar-refractivity contribution is -0.162. The largest absolute Gasteiger partial charge is 0.458 e. The van der Waals surface area contributed by atoms with Gasteiger partial charge in [-0.25, -0.2) is 14.8 Å². The molecule has 1 aliphatic rings. The molecule has 8 nitrogen and oxygen atoms in total. The van der Waals surface area contributed by atoms with E-state index >= 15 is 0 Å². The molecular weight excluding hydrogens is 441 g/mol. The third-order valence-corrected chi connectivity index (χ3v) is 5.30. The Kier molecular flexibility index (Phi) is 6.47. The van der Waals surface area contributed by atoms with E-state index in [0.29, 0.717) is 5.71 Å². The van der Waals surface area contributed by atoms with Crippen LogP contribution in [0.15, 0.2) is 42.1 Å². The minimum Gasteiger partial charge on any atom is -0.458 e. The van der Waals surface area contributed by atoms with Crippen LogP contribution in [0.25, 0.3) is 5.69 Å². The topological polar surface area (TPSA) is 78.2 Å². The monoisotopic (exact) mass is 468 g/mol. The molecule has 2 atom stereocenters. The summed E-state index contributed by atoms with van der Waals surface area (Å²) in [5, 5.41) is 5.05. The number of hydrogen-bond donors (Lipinski definition) is 0. The molecule has 0 fully saturated rings. The van der Waals surface area contributed by atoms with Gasteiger partial charge in [0.15, 0.2) is 12.2 Å². The van der Waals surface area contributed by atoms with Crippen LogP contribution < -0.4 is 5.06 Å². The Balaban J connectivity index is 1.99. The van der Waals surface area contributed by atoms with Gasteiger partial charge in [-0.3, -0.25) is 4.84 Å². The van der Waals surface area contributed by atoms with Crippen LogP contribution in [-0.4, -0.2) is 45.1 Å². The molecule has 0 saturated carbocycles. The molecule has 0 amide bonds. The van der Waals surface area contributed by atoms with Crippen LogP contribution in [0.2, 0.25) is 0 Å². The van der Waals surface area contributed by atoms with E-state index in [0.717, 1.165) is 6.07 Å². The molecule has 33 heavy (non-hydrogen) atoms. The smallest absolute Gasteiger partial charge is 0.418 e. The molecule has 1 aliphatic heterocycles. The van der Waals surface area contributed by atoms with E-state index in [1.807, 2.05) is 0 Å². The van der Waals surface area contributed by atoms with Crippen molar-refractivity contribution >= 4 is 17.4 Å². The molecule has 0 spiro atoms. The molecule has 0 bridgehead atoms. The van der Waals surface area contributed by atoms with E-state index in [2.05, 4.69) is 10.1 Å². The molecule has 0 saturated heterocycles. The molecule has 11 heteroatoms. The number of alkyl halides is 3. The lowest BCUT2D eigenvalue weighted by Gasteiger charge is -2.44. The first-order valence-electron chi connectivity index (χ1n) is 10.3. The van der Waals surface area contributed by atoms with Crippen molar-refractivity contribution in [2.24, 2.45) is 5.16 Å². The van der Waals surface area contributed by atoms with Crippen molar-refractivity contribution in [2.45, 2.75) is 65.0 Å².